The molecule has 0 unspecified atom stereocenters. The minimum atomic E-state index is -0.0596. The van der Waals surface area contributed by atoms with E-state index in [1.807, 2.05) is 29.7 Å². The van der Waals surface area contributed by atoms with Crippen LogP contribution in [-0.2, 0) is 0 Å². The van der Waals surface area contributed by atoms with E-state index >= 15 is 0 Å². The van der Waals surface area contributed by atoms with Crippen molar-refractivity contribution in [2.75, 3.05) is 0 Å². The fourth-order valence-corrected chi connectivity index (χ4v) is 2.33. The Hall–Kier alpha value is -2.27. The molecule has 0 saturated carbocycles. The van der Waals surface area contributed by atoms with E-state index in [0.29, 0.717) is 10.7 Å². The van der Waals surface area contributed by atoms with Gasteiger partial charge in [-0.05, 0) is 23.8 Å². The molecule has 0 aliphatic heterocycles. The molecule has 5 heteroatoms. The molecule has 0 atom stereocenters. The Morgan fingerprint density at radius 2 is 2.06 bits per heavy atom. The SMILES string of the molecule is O=c1cc(/C=C/c2ccncc2)nc2sccn12. The van der Waals surface area contributed by atoms with Gasteiger partial charge in [0.2, 0.25) is 0 Å². The molecule has 88 valence electrons. The lowest BCUT2D eigenvalue weighted by atomic mass is 10.2. The molecular formula is C13H9N3OS. The van der Waals surface area contributed by atoms with Gasteiger partial charge in [-0.25, -0.2) is 4.98 Å². The summed E-state index contributed by atoms with van der Waals surface area (Å²) < 4.78 is 1.54. The fourth-order valence-electron chi connectivity index (χ4n) is 1.60. The lowest BCUT2D eigenvalue weighted by molar-refractivity contribution is 1.07. The highest BCUT2D eigenvalue weighted by Crippen LogP contribution is 2.09. The second-order valence-corrected chi connectivity index (χ2v) is 4.56. The Balaban J connectivity index is 2.00. The normalized spacial score (nSPS) is 11.3. The Labute approximate surface area is 107 Å². The van der Waals surface area contributed by atoms with Gasteiger partial charge in [0.05, 0.1) is 5.69 Å². The summed E-state index contributed by atoms with van der Waals surface area (Å²) in [5.74, 6) is 0. The summed E-state index contributed by atoms with van der Waals surface area (Å²) in [4.78, 5) is 20.8. The number of fused-ring (bicyclic) bond motifs is 1. The number of pyridine rings is 1. The molecule has 0 fully saturated rings. The molecule has 0 N–H and O–H groups in total. The van der Waals surface area contributed by atoms with E-state index in [2.05, 4.69) is 9.97 Å². The van der Waals surface area contributed by atoms with Gasteiger partial charge < -0.3 is 0 Å². The first-order valence-electron chi connectivity index (χ1n) is 5.38. The van der Waals surface area contributed by atoms with Crippen molar-refractivity contribution in [1.29, 1.82) is 0 Å². The van der Waals surface area contributed by atoms with E-state index in [-0.39, 0.29) is 5.56 Å². The van der Waals surface area contributed by atoms with E-state index in [1.54, 1.807) is 18.6 Å². The van der Waals surface area contributed by atoms with Crippen LogP contribution in [0.15, 0.2) is 47.0 Å². The summed E-state index contributed by atoms with van der Waals surface area (Å²) in [5, 5.41) is 1.85. The molecule has 0 spiro atoms. The molecule has 3 aromatic heterocycles. The highest BCUT2D eigenvalue weighted by atomic mass is 32.1. The number of thiazole rings is 1. The molecule has 0 bridgehead atoms. The minimum absolute atomic E-state index is 0.0596. The van der Waals surface area contributed by atoms with Gasteiger partial charge in [0.15, 0.2) is 4.96 Å². The molecule has 0 amide bonds. The average molecular weight is 255 g/mol. The zero-order valence-electron chi connectivity index (χ0n) is 9.35. The molecule has 0 radical (unpaired) electrons. The summed E-state index contributed by atoms with van der Waals surface area (Å²) in [6.45, 7) is 0. The quantitative estimate of drug-likeness (QED) is 0.706. The van der Waals surface area contributed by atoms with Crippen molar-refractivity contribution in [3.8, 4) is 0 Å². The molecule has 0 aliphatic rings. The highest BCUT2D eigenvalue weighted by Gasteiger charge is 2.00. The predicted octanol–water partition coefficient (Wildman–Crippen LogP) is 2.32. The summed E-state index contributed by atoms with van der Waals surface area (Å²) in [6.07, 6.45) is 8.92. The van der Waals surface area contributed by atoms with Crippen LogP contribution in [0.2, 0.25) is 0 Å². The van der Waals surface area contributed by atoms with Crippen molar-refractivity contribution in [2.45, 2.75) is 0 Å². The third-order valence-corrected chi connectivity index (χ3v) is 3.23. The molecule has 0 saturated heterocycles. The molecule has 3 aromatic rings. The van der Waals surface area contributed by atoms with Gasteiger partial charge in [0.1, 0.15) is 0 Å². The minimum Gasteiger partial charge on any atom is -0.269 e. The van der Waals surface area contributed by atoms with E-state index in [9.17, 15) is 4.79 Å². The zero-order chi connectivity index (χ0) is 12.4. The number of rotatable bonds is 2. The maximum Gasteiger partial charge on any atom is 0.259 e. The molecular weight excluding hydrogens is 246 g/mol. The highest BCUT2D eigenvalue weighted by molar-refractivity contribution is 7.15. The number of aromatic nitrogens is 3. The molecule has 3 rings (SSSR count). The molecule has 0 aromatic carbocycles. The smallest absolute Gasteiger partial charge is 0.259 e. The molecule has 0 aliphatic carbocycles. The largest absolute Gasteiger partial charge is 0.269 e. The maximum atomic E-state index is 11.8. The first-order valence-corrected chi connectivity index (χ1v) is 6.26. The third kappa shape index (κ3) is 2.08. The van der Waals surface area contributed by atoms with Crippen LogP contribution in [0, 0.1) is 0 Å². The van der Waals surface area contributed by atoms with E-state index in [4.69, 9.17) is 0 Å². The molecule has 18 heavy (non-hydrogen) atoms. The van der Waals surface area contributed by atoms with Gasteiger partial charge in [-0.3, -0.25) is 14.2 Å². The van der Waals surface area contributed by atoms with Crippen LogP contribution in [0.5, 0.6) is 0 Å². The Morgan fingerprint density at radius 3 is 2.89 bits per heavy atom. The van der Waals surface area contributed by atoms with Crippen LogP contribution in [0.1, 0.15) is 11.3 Å². The summed E-state index contributed by atoms with van der Waals surface area (Å²) in [7, 11) is 0. The van der Waals surface area contributed by atoms with Gasteiger partial charge in [-0.1, -0.05) is 6.08 Å². The molecule has 3 heterocycles. The van der Waals surface area contributed by atoms with Gasteiger partial charge in [0, 0.05) is 30.0 Å². The number of hydrogen-bond donors (Lipinski definition) is 0. The first kappa shape index (κ1) is 10.9. The van der Waals surface area contributed by atoms with Gasteiger partial charge >= 0.3 is 0 Å². The average Bonchev–Trinajstić information content (AvgIpc) is 2.86. The third-order valence-electron chi connectivity index (χ3n) is 2.48. The van der Waals surface area contributed by atoms with Crippen LogP contribution in [0.25, 0.3) is 17.1 Å². The Bertz CT molecular complexity index is 759. The van der Waals surface area contributed by atoms with Gasteiger partial charge in [0.25, 0.3) is 5.56 Å². The van der Waals surface area contributed by atoms with Gasteiger partial charge in [-0.2, -0.15) is 0 Å². The van der Waals surface area contributed by atoms with Crippen LogP contribution < -0.4 is 5.56 Å². The lowest BCUT2D eigenvalue weighted by Crippen LogP contribution is -2.11. The van der Waals surface area contributed by atoms with Crippen molar-refractivity contribution in [3.63, 3.8) is 0 Å². The molecule has 4 nitrogen and oxygen atoms in total. The second kappa shape index (κ2) is 4.54. The monoisotopic (exact) mass is 255 g/mol. The van der Waals surface area contributed by atoms with E-state index in [1.165, 1.54) is 21.8 Å². The van der Waals surface area contributed by atoms with Crippen molar-refractivity contribution in [3.05, 3.63) is 63.8 Å². The van der Waals surface area contributed by atoms with E-state index in [0.717, 1.165) is 5.56 Å². The number of hydrogen-bond acceptors (Lipinski definition) is 4. The van der Waals surface area contributed by atoms with Crippen LogP contribution in [0.4, 0.5) is 0 Å². The van der Waals surface area contributed by atoms with Crippen molar-refractivity contribution in [1.82, 2.24) is 14.4 Å². The van der Waals surface area contributed by atoms with Crippen LogP contribution >= 0.6 is 11.3 Å². The van der Waals surface area contributed by atoms with Crippen molar-refractivity contribution in [2.24, 2.45) is 0 Å². The van der Waals surface area contributed by atoms with Crippen molar-refractivity contribution < 1.29 is 0 Å². The van der Waals surface area contributed by atoms with Gasteiger partial charge in [-0.15, -0.1) is 11.3 Å². The number of nitrogens with zero attached hydrogens (tertiary/aromatic N) is 3. The first-order chi connectivity index (χ1) is 8.83. The summed E-state index contributed by atoms with van der Waals surface area (Å²) in [5.41, 5.74) is 1.63. The van der Waals surface area contributed by atoms with E-state index < -0.39 is 0 Å². The second-order valence-electron chi connectivity index (χ2n) is 3.69. The standard InChI is InChI=1S/C13H9N3OS/c17-12-9-11(15-13-16(12)7-8-18-13)2-1-10-3-5-14-6-4-10/h1-9H/b2-1+. The zero-order valence-corrected chi connectivity index (χ0v) is 10.2. The predicted molar refractivity (Wildman–Crippen MR) is 72.5 cm³/mol. The summed E-state index contributed by atoms with van der Waals surface area (Å²) in [6, 6.07) is 5.32. The maximum absolute atomic E-state index is 11.8. The summed E-state index contributed by atoms with van der Waals surface area (Å²) >= 11 is 1.45. The van der Waals surface area contributed by atoms with Crippen LogP contribution in [0.3, 0.4) is 0 Å². The Kier molecular flexibility index (Phi) is 2.74. The van der Waals surface area contributed by atoms with Crippen molar-refractivity contribution >= 4 is 28.4 Å². The topological polar surface area (TPSA) is 47.3 Å². The Morgan fingerprint density at radius 1 is 1.22 bits per heavy atom. The van der Waals surface area contributed by atoms with Crippen LogP contribution in [-0.4, -0.2) is 14.4 Å². The fraction of sp³-hybridized carbons (Fsp3) is 0. The lowest BCUT2D eigenvalue weighted by Gasteiger charge is -1.95.